The number of nitrogens with zero attached hydrogens (tertiary/aromatic N) is 3. The second-order valence-electron chi connectivity index (χ2n) is 4.66. The number of hydrogen-bond donors (Lipinski definition) is 1. The zero-order valence-electron chi connectivity index (χ0n) is 12.1. The molecule has 0 aliphatic heterocycles. The minimum absolute atomic E-state index is 0.0393. The van der Waals surface area contributed by atoms with Gasteiger partial charge in [0.25, 0.3) is 0 Å². The fourth-order valence-electron chi connectivity index (χ4n) is 1.69. The van der Waals surface area contributed by atoms with Crippen LogP contribution in [-0.2, 0) is 18.0 Å². The molecule has 0 aliphatic carbocycles. The number of carbonyl (C=O) groups excluding carboxylic acids is 1. The summed E-state index contributed by atoms with van der Waals surface area (Å²) in [7, 11) is 1.17. The Morgan fingerprint density at radius 3 is 2.61 bits per heavy atom. The maximum atomic E-state index is 13.4. The van der Waals surface area contributed by atoms with Gasteiger partial charge in [-0.3, -0.25) is 4.79 Å². The third kappa shape index (κ3) is 4.21. The van der Waals surface area contributed by atoms with Crippen LogP contribution in [0.4, 0.5) is 23.2 Å². The van der Waals surface area contributed by atoms with Crippen molar-refractivity contribution in [3.8, 4) is 0 Å². The number of aryl methyl sites for hydroxylation is 1. The highest BCUT2D eigenvalue weighted by atomic mass is 32.2. The van der Waals surface area contributed by atoms with E-state index in [0.717, 1.165) is 16.3 Å². The molecule has 0 bridgehead atoms. The van der Waals surface area contributed by atoms with Crippen LogP contribution in [0.25, 0.3) is 0 Å². The average molecular weight is 348 g/mol. The third-order valence-electron chi connectivity index (χ3n) is 2.88. The van der Waals surface area contributed by atoms with Gasteiger partial charge in [0.2, 0.25) is 11.7 Å². The lowest BCUT2D eigenvalue weighted by molar-refractivity contribution is -0.147. The second kappa shape index (κ2) is 6.57. The van der Waals surface area contributed by atoms with E-state index >= 15 is 0 Å². The number of halogens is 4. The van der Waals surface area contributed by atoms with E-state index < -0.39 is 23.7 Å². The van der Waals surface area contributed by atoms with E-state index in [4.69, 9.17) is 0 Å². The normalized spacial score (nSPS) is 11.6. The highest BCUT2D eigenvalue weighted by molar-refractivity contribution is 7.99. The van der Waals surface area contributed by atoms with Crippen molar-refractivity contribution < 1.29 is 22.4 Å². The van der Waals surface area contributed by atoms with Crippen molar-refractivity contribution in [2.45, 2.75) is 18.3 Å². The van der Waals surface area contributed by atoms with Crippen molar-refractivity contribution in [2.24, 2.45) is 7.05 Å². The number of amides is 1. The molecule has 23 heavy (non-hydrogen) atoms. The van der Waals surface area contributed by atoms with Gasteiger partial charge in [0.05, 0.1) is 5.75 Å². The van der Waals surface area contributed by atoms with Gasteiger partial charge >= 0.3 is 6.18 Å². The van der Waals surface area contributed by atoms with Gasteiger partial charge in [-0.15, -0.1) is 10.2 Å². The SMILES string of the molecule is Cc1ccc(NC(=O)CSc2nnc(C(F)(F)F)n2C)cc1F. The number of anilines is 1. The van der Waals surface area contributed by atoms with Crippen LogP contribution in [0.15, 0.2) is 23.4 Å². The fourth-order valence-corrected chi connectivity index (χ4v) is 2.40. The molecule has 1 N–H and O–H groups in total. The van der Waals surface area contributed by atoms with Gasteiger partial charge in [-0.05, 0) is 24.6 Å². The van der Waals surface area contributed by atoms with E-state index in [1.54, 1.807) is 6.92 Å². The number of carbonyl (C=O) groups is 1. The van der Waals surface area contributed by atoms with Crippen LogP contribution in [0, 0.1) is 12.7 Å². The Morgan fingerprint density at radius 1 is 1.35 bits per heavy atom. The number of alkyl halides is 3. The largest absolute Gasteiger partial charge is 0.451 e. The summed E-state index contributed by atoms with van der Waals surface area (Å²) >= 11 is 0.802. The van der Waals surface area contributed by atoms with E-state index in [2.05, 4.69) is 15.5 Å². The summed E-state index contributed by atoms with van der Waals surface area (Å²) < 4.78 is 51.8. The fraction of sp³-hybridized carbons (Fsp3) is 0.308. The van der Waals surface area contributed by atoms with Crippen molar-refractivity contribution in [1.82, 2.24) is 14.8 Å². The molecule has 0 saturated carbocycles. The molecule has 1 heterocycles. The quantitative estimate of drug-likeness (QED) is 0.682. The van der Waals surface area contributed by atoms with E-state index in [0.29, 0.717) is 5.56 Å². The molecule has 0 atom stereocenters. The van der Waals surface area contributed by atoms with E-state index in [-0.39, 0.29) is 16.6 Å². The summed E-state index contributed by atoms with van der Waals surface area (Å²) in [5.41, 5.74) is 0.712. The molecule has 0 fully saturated rings. The summed E-state index contributed by atoms with van der Waals surface area (Å²) in [6.45, 7) is 1.59. The molecule has 0 spiro atoms. The molecule has 1 aromatic heterocycles. The van der Waals surface area contributed by atoms with Gasteiger partial charge < -0.3 is 9.88 Å². The first-order chi connectivity index (χ1) is 10.7. The van der Waals surface area contributed by atoms with E-state index in [1.807, 2.05) is 0 Å². The molecule has 10 heteroatoms. The minimum Gasteiger partial charge on any atom is -0.325 e. The van der Waals surface area contributed by atoms with Gasteiger partial charge in [-0.25, -0.2) is 4.39 Å². The molecule has 1 amide bonds. The molecule has 5 nitrogen and oxygen atoms in total. The molecule has 124 valence electrons. The van der Waals surface area contributed by atoms with Crippen LogP contribution in [0.3, 0.4) is 0 Å². The second-order valence-corrected chi connectivity index (χ2v) is 5.61. The van der Waals surface area contributed by atoms with Crippen molar-refractivity contribution in [3.05, 3.63) is 35.4 Å². The monoisotopic (exact) mass is 348 g/mol. The summed E-state index contributed by atoms with van der Waals surface area (Å²) in [5.74, 6) is -2.27. The maximum absolute atomic E-state index is 13.4. The van der Waals surface area contributed by atoms with Crippen LogP contribution in [0.1, 0.15) is 11.4 Å². The first kappa shape index (κ1) is 17.3. The Balaban J connectivity index is 1.97. The molecule has 0 unspecified atom stereocenters. The zero-order valence-corrected chi connectivity index (χ0v) is 12.9. The van der Waals surface area contributed by atoms with Crippen LogP contribution in [0.2, 0.25) is 0 Å². The van der Waals surface area contributed by atoms with Crippen LogP contribution in [-0.4, -0.2) is 26.4 Å². The lowest BCUT2D eigenvalue weighted by Gasteiger charge is -2.07. The molecule has 2 rings (SSSR count). The Hall–Kier alpha value is -2.10. The first-order valence-electron chi connectivity index (χ1n) is 6.34. The van der Waals surface area contributed by atoms with Gasteiger partial charge in [0, 0.05) is 12.7 Å². The first-order valence-corrected chi connectivity index (χ1v) is 7.32. The van der Waals surface area contributed by atoms with E-state index in [9.17, 15) is 22.4 Å². The van der Waals surface area contributed by atoms with Gasteiger partial charge in [-0.2, -0.15) is 13.2 Å². The van der Waals surface area contributed by atoms with Crippen molar-refractivity contribution in [1.29, 1.82) is 0 Å². The van der Waals surface area contributed by atoms with Crippen LogP contribution in [0.5, 0.6) is 0 Å². The lowest BCUT2D eigenvalue weighted by atomic mass is 10.2. The smallest absolute Gasteiger partial charge is 0.325 e. The third-order valence-corrected chi connectivity index (χ3v) is 3.90. The summed E-state index contributed by atoms with van der Waals surface area (Å²) in [5, 5.41) is 8.88. The Bertz CT molecular complexity index is 729. The maximum Gasteiger partial charge on any atom is 0.451 e. The molecule has 0 aliphatic rings. The molecule has 0 saturated heterocycles. The predicted molar refractivity (Wildman–Crippen MR) is 76.5 cm³/mol. The Kier molecular flexibility index (Phi) is 4.93. The van der Waals surface area contributed by atoms with Crippen LogP contribution >= 0.6 is 11.8 Å². The van der Waals surface area contributed by atoms with E-state index in [1.165, 1.54) is 25.2 Å². The average Bonchev–Trinajstić information content (AvgIpc) is 2.82. The highest BCUT2D eigenvalue weighted by Crippen LogP contribution is 2.29. The zero-order chi connectivity index (χ0) is 17.2. The number of nitrogens with one attached hydrogen (secondary N) is 1. The molecular formula is C13H12F4N4OS. The van der Waals surface area contributed by atoms with Gasteiger partial charge in [0.15, 0.2) is 5.16 Å². The van der Waals surface area contributed by atoms with Crippen molar-refractivity contribution >= 4 is 23.4 Å². The summed E-state index contributed by atoms with van der Waals surface area (Å²) in [6.07, 6.45) is -4.61. The summed E-state index contributed by atoms with van der Waals surface area (Å²) in [6, 6.07) is 4.21. The highest BCUT2D eigenvalue weighted by Gasteiger charge is 2.37. The van der Waals surface area contributed by atoms with Gasteiger partial charge in [-0.1, -0.05) is 17.8 Å². The predicted octanol–water partition coefficient (Wildman–Crippen LogP) is 3.01. The minimum atomic E-state index is -4.61. The number of benzene rings is 1. The summed E-state index contributed by atoms with van der Waals surface area (Å²) in [4.78, 5) is 11.8. The Morgan fingerprint density at radius 2 is 2.04 bits per heavy atom. The molecule has 2 aromatic rings. The number of hydrogen-bond acceptors (Lipinski definition) is 4. The van der Waals surface area contributed by atoms with Crippen molar-refractivity contribution in [2.75, 3.05) is 11.1 Å². The van der Waals surface area contributed by atoms with Crippen molar-refractivity contribution in [3.63, 3.8) is 0 Å². The lowest BCUT2D eigenvalue weighted by Crippen LogP contribution is -2.15. The Labute approximate surface area is 133 Å². The molecule has 1 aromatic carbocycles. The number of rotatable bonds is 4. The number of thioether (sulfide) groups is 1. The van der Waals surface area contributed by atoms with Crippen LogP contribution < -0.4 is 5.32 Å². The van der Waals surface area contributed by atoms with Gasteiger partial charge in [0.1, 0.15) is 5.82 Å². The standard InChI is InChI=1S/C13H12F4N4OS/c1-7-3-4-8(5-9(7)14)18-10(22)6-23-12-20-19-11(21(12)2)13(15,16)17/h3-5H,6H2,1-2H3,(H,18,22). The molecule has 0 radical (unpaired) electrons. The topological polar surface area (TPSA) is 59.8 Å². The molecular weight excluding hydrogens is 336 g/mol. The number of aromatic nitrogens is 3.